The van der Waals surface area contributed by atoms with Crippen LogP contribution in [0.5, 0.6) is 0 Å². The van der Waals surface area contributed by atoms with Crippen molar-refractivity contribution in [2.75, 3.05) is 0 Å². The Labute approximate surface area is 153 Å². The molecule has 1 aromatic carbocycles. The Bertz CT molecular complexity index is 930. The van der Waals surface area contributed by atoms with E-state index in [4.69, 9.17) is 11.6 Å². The van der Waals surface area contributed by atoms with Crippen LogP contribution in [0.1, 0.15) is 22.8 Å². The minimum absolute atomic E-state index is 0.0439. The summed E-state index contributed by atoms with van der Waals surface area (Å²) in [4.78, 5) is 7.82. The van der Waals surface area contributed by atoms with Gasteiger partial charge in [0.25, 0.3) is 0 Å². The van der Waals surface area contributed by atoms with Crippen LogP contribution in [0.2, 0.25) is 5.02 Å². The first kappa shape index (κ1) is 19.2. The zero-order valence-corrected chi connectivity index (χ0v) is 13.9. The van der Waals surface area contributed by atoms with E-state index in [-0.39, 0.29) is 28.6 Å². The molecule has 0 aliphatic rings. The van der Waals surface area contributed by atoms with Crippen LogP contribution in [0.15, 0.2) is 42.7 Å². The summed E-state index contributed by atoms with van der Waals surface area (Å²) < 4.78 is 78.1. The van der Waals surface area contributed by atoms with E-state index in [0.29, 0.717) is 0 Å². The van der Waals surface area contributed by atoms with Crippen LogP contribution in [0.25, 0.3) is 5.69 Å². The second kappa shape index (κ2) is 6.84. The van der Waals surface area contributed by atoms with E-state index in [1.165, 1.54) is 12.4 Å². The predicted octanol–water partition coefficient (Wildman–Crippen LogP) is 4.94. The molecule has 0 aliphatic carbocycles. The number of rotatable bonds is 3. The van der Waals surface area contributed by atoms with Gasteiger partial charge in [0.05, 0.1) is 28.4 Å². The molecular weight excluding hydrogens is 398 g/mol. The van der Waals surface area contributed by atoms with E-state index in [0.717, 1.165) is 35.0 Å². The normalized spacial score (nSPS) is 12.4. The molecule has 3 aromatic rings. The van der Waals surface area contributed by atoms with E-state index in [2.05, 4.69) is 15.1 Å². The Hall–Kier alpha value is -2.62. The Morgan fingerprint density at radius 3 is 2.00 bits per heavy atom. The lowest BCUT2D eigenvalue weighted by atomic mass is 10.2. The van der Waals surface area contributed by atoms with E-state index in [9.17, 15) is 26.3 Å². The molecule has 0 N–H and O–H groups in total. The van der Waals surface area contributed by atoms with Gasteiger partial charge in [0, 0.05) is 12.4 Å². The summed E-state index contributed by atoms with van der Waals surface area (Å²) in [5.74, 6) is 0.182. The third-order valence-corrected chi connectivity index (χ3v) is 3.72. The van der Waals surface area contributed by atoms with Crippen molar-refractivity contribution in [3.8, 4) is 5.69 Å². The third kappa shape index (κ3) is 4.38. The van der Waals surface area contributed by atoms with Crippen molar-refractivity contribution in [2.45, 2.75) is 18.8 Å². The van der Waals surface area contributed by atoms with Crippen LogP contribution >= 0.6 is 11.6 Å². The molecule has 0 atom stereocenters. The Morgan fingerprint density at radius 2 is 1.48 bits per heavy atom. The van der Waals surface area contributed by atoms with Crippen molar-refractivity contribution >= 4 is 11.6 Å². The molecule has 0 saturated carbocycles. The van der Waals surface area contributed by atoms with Gasteiger partial charge in [-0.3, -0.25) is 0 Å². The molecular formula is C16H9ClF6N4. The molecule has 0 amide bonds. The Morgan fingerprint density at radius 1 is 0.889 bits per heavy atom. The van der Waals surface area contributed by atoms with Crippen molar-refractivity contribution in [3.05, 3.63) is 70.5 Å². The Balaban J connectivity index is 2.02. The average molecular weight is 407 g/mol. The number of nitrogens with zero attached hydrogens (tertiary/aromatic N) is 4. The molecule has 2 heterocycles. The van der Waals surface area contributed by atoms with Crippen LogP contribution < -0.4 is 0 Å². The van der Waals surface area contributed by atoms with E-state index < -0.39 is 23.6 Å². The fourth-order valence-electron chi connectivity index (χ4n) is 2.29. The molecule has 0 fully saturated rings. The van der Waals surface area contributed by atoms with E-state index >= 15 is 0 Å². The smallest absolute Gasteiger partial charge is 0.239 e. The summed E-state index contributed by atoms with van der Waals surface area (Å²) in [5.41, 5.74) is -1.99. The number of halogens is 7. The van der Waals surface area contributed by atoms with Crippen LogP contribution in [-0.2, 0) is 18.8 Å². The van der Waals surface area contributed by atoms with E-state index in [1.54, 1.807) is 0 Å². The minimum atomic E-state index is -4.72. The summed E-state index contributed by atoms with van der Waals surface area (Å²) in [6.07, 6.45) is -6.82. The summed E-state index contributed by atoms with van der Waals surface area (Å²) in [6.45, 7) is 0. The molecule has 3 rings (SSSR count). The average Bonchev–Trinajstić information content (AvgIpc) is 3.00. The molecule has 0 aliphatic heterocycles. The zero-order valence-electron chi connectivity index (χ0n) is 13.2. The van der Waals surface area contributed by atoms with Crippen molar-refractivity contribution in [3.63, 3.8) is 0 Å². The van der Waals surface area contributed by atoms with Gasteiger partial charge in [-0.25, -0.2) is 14.6 Å². The number of hydrogen-bond acceptors (Lipinski definition) is 3. The lowest BCUT2D eigenvalue weighted by Gasteiger charge is -2.10. The largest absolute Gasteiger partial charge is 0.435 e. The van der Waals surface area contributed by atoms with Crippen molar-refractivity contribution in [1.82, 2.24) is 19.7 Å². The molecule has 0 unspecified atom stereocenters. The molecule has 0 radical (unpaired) electrons. The maximum Gasteiger partial charge on any atom is 0.435 e. The summed E-state index contributed by atoms with van der Waals surface area (Å²) in [7, 11) is 0. The molecule has 0 saturated heterocycles. The summed E-state index contributed by atoms with van der Waals surface area (Å²) in [5, 5.41) is 3.74. The van der Waals surface area contributed by atoms with Crippen LogP contribution in [-0.4, -0.2) is 19.7 Å². The molecule has 11 heteroatoms. The fraction of sp³-hybridized carbons (Fsp3) is 0.188. The van der Waals surface area contributed by atoms with Crippen molar-refractivity contribution in [2.24, 2.45) is 0 Å². The number of benzene rings is 1. The fourth-order valence-corrected chi connectivity index (χ4v) is 2.39. The zero-order chi connectivity index (χ0) is 19.8. The maximum absolute atomic E-state index is 13.0. The van der Waals surface area contributed by atoms with Crippen LogP contribution in [0.3, 0.4) is 0 Å². The molecule has 4 nitrogen and oxygen atoms in total. The number of aromatic nitrogens is 4. The van der Waals surface area contributed by atoms with Crippen molar-refractivity contribution in [1.29, 1.82) is 0 Å². The molecule has 2 aromatic heterocycles. The van der Waals surface area contributed by atoms with Gasteiger partial charge in [-0.2, -0.15) is 31.4 Å². The molecule has 0 bridgehead atoms. The van der Waals surface area contributed by atoms with Crippen LogP contribution in [0.4, 0.5) is 26.3 Å². The molecule has 27 heavy (non-hydrogen) atoms. The number of alkyl halides is 6. The second-order valence-electron chi connectivity index (χ2n) is 5.47. The first-order valence-corrected chi connectivity index (χ1v) is 7.72. The van der Waals surface area contributed by atoms with Gasteiger partial charge < -0.3 is 0 Å². The van der Waals surface area contributed by atoms with Gasteiger partial charge in [0.15, 0.2) is 5.69 Å². The quantitative estimate of drug-likeness (QED) is 0.578. The first-order chi connectivity index (χ1) is 12.5. The SMILES string of the molecule is FC(F)(F)c1ccc(-n2nc(C(F)(F)F)cc2Cc2ncc(Cl)cn2)cc1. The molecule has 0 spiro atoms. The lowest BCUT2D eigenvalue weighted by molar-refractivity contribution is -0.141. The third-order valence-electron chi connectivity index (χ3n) is 3.53. The topological polar surface area (TPSA) is 43.6 Å². The van der Waals surface area contributed by atoms with E-state index in [1.807, 2.05) is 0 Å². The van der Waals surface area contributed by atoms with Gasteiger partial charge in [0.1, 0.15) is 5.82 Å². The minimum Gasteiger partial charge on any atom is -0.239 e. The highest BCUT2D eigenvalue weighted by atomic mass is 35.5. The van der Waals surface area contributed by atoms with Gasteiger partial charge in [-0.05, 0) is 30.3 Å². The van der Waals surface area contributed by atoms with Gasteiger partial charge in [-0.15, -0.1) is 0 Å². The highest BCUT2D eigenvalue weighted by Crippen LogP contribution is 2.32. The Kier molecular flexibility index (Phi) is 4.85. The monoisotopic (exact) mass is 406 g/mol. The van der Waals surface area contributed by atoms with Gasteiger partial charge >= 0.3 is 12.4 Å². The van der Waals surface area contributed by atoms with Gasteiger partial charge in [-0.1, -0.05) is 11.6 Å². The lowest BCUT2D eigenvalue weighted by Crippen LogP contribution is -2.09. The standard InChI is InChI=1S/C16H9ClF6N4/c17-10-7-24-14(25-8-10)6-12-5-13(16(21,22)23)26-27(12)11-3-1-9(2-4-11)15(18,19)20/h1-5,7-8H,6H2. The molecule has 142 valence electrons. The van der Waals surface area contributed by atoms with Crippen LogP contribution in [0, 0.1) is 0 Å². The maximum atomic E-state index is 13.0. The highest BCUT2D eigenvalue weighted by molar-refractivity contribution is 6.30. The predicted molar refractivity (Wildman–Crippen MR) is 83.4 cm³/mol. The van der Waals surface area contributed by atoms with Crippen molar-refractivity contribution < 1.29 is 26.3 Å². The number of hydrogen-bond donors (Lipinski definition) is 0. The first-order valence-electron chi connectivity index (χ1n) is 7.34. The summed E-state index contributed by atoms with van der Waals surface area (Å²) in [6, 6.07) is 4.43. The van der Waals surface area contributed by atoms with Gasteiger partial charge in [0.2, 0.25) is 0 Å². The highest BCUT2D eigenvalue weighted by Gasteiger charge is 2.35. The second-order valence-corrected chi connectivity index (χ2v) is 5.91. The summed E-state index contributed by atoms with van der Waals surface area (Å²) >= 11 is 5.67.